The number of rotatable bonds is 5. The second-order valence-corrected chi connectivity index (χ2v) is 4.87. The second-order valence-electron chi connectivity index (χ2n) is 4.62. The number of alkyl halides is 3. The van der Waals surface area contributed by atoms with Crippen LogP contribution in [0.4, 0.5) is 13.2 Å². The fourth-order valence-corrected chi connectivity index (χ4v) is 1.84. The lowest BCUT2D eigenvalue weighted by molar-refractivity contribution is -0.141. The maximum Gasteiger partial charge on any atom is 0.435 e. The van der Waals surface area contributed by atoms with E-state index < -0.39 is 11.9 Å². The predicted octanol–water partition coefficient (Wildman–Crippen LogP) is 4.36. The summed E-state index contributed by atoms with van der Waals surface area (Å²) in [5.74, 6) is 0.236. The Labute approximate surface area is 135 Å². The normalized spacial score (nSPS) is 11.9. The van der Waals surface area contributed by atoms with Crippen LogP contribution in [-0.4, -0.2) is 21.8 Å². The van der Waals surface area contributed by atoms with Crippen molar-refractivity contribution in [3.63, 3.8) is 0 Å². The Morgan fingerprint density at radius 1 is 1.26 bits per heavy atom. The lowest BCUT2D eigenvalue weighted by Crippen LogP contribution is -2.07. The highest BCUT2D eigenvalue weighted by Crippen LogP contribution is 2.35. The SMILES string of the molecule is Cc1cc(OCC=CCl)nc(Oc2[nH]nc(C(F)(F)F)c2C)c1. The molecule has 1 N–H and O–H groups in total. The van der Waals surface area contributed by atoms with Gasteiger partial charge in [0.25, 0.3) is 0 Å². The Hall–Kier alpha value is -2.22. The summed E-state index contributed by atoms with van der Waals surface area (Å²) in [6.07, 6.45) is -2.98. The highest BCUT2D eigenvalue weighted by molar-refractivity contribution is 6.25. The van der Waals surface area contributed by atoms with Crippen LogP contribution in [0.15, 0.2) is 23.7 Å². The van der Waals surface area contributed by atoms with Crippen LogP contribution in [0.1, 0.15) is 16.8 Å². The third kappa shape index (κ3) is 4.38. The first-order chi connectivity index (χ1) is 10.8. The number of nitrogens with zero attached hydrogens (tertiary/aromatic N) is 2. The Morgan fingerprint density at radius 3 is 2.57 bits per heavy atom. The first-order valence-corrected chi connectivity index (χ1v) is 6.91. The number of nitrogens with one attached hydrogen (secondary N) is 1. The Bertz CT molecular complexity index is 714. The van der Waals surface area contributed by atoms with Crippen molar-refractivity contribution >= 4 is 11.6 Å². The molecule has 0 aliphatic heterocycles. The number of aromatic amines is 1. The number of aromatic nitrogens is 3. The zero-order valence-corrected chi connectivity index (χ0v) is 13.0. The molecular weight excluding hydrogens is 335 g/mol. The molecule has 9 heteroatoms. The number of aryl methyl sites for hydroxylation is 1. The van der Waals surface area contributed by atoms with Crippen molar-refractivity contribution in [1.82, 2.24) is 15.2 Å². The zero-order chi connectivity index (χ0) is 17.0. The quantitative estimate of drug-likeness (QED) is 0.872. The summed E-state index contributed by atoms with van der Waals surface area (Å²) in [6.45, 7) is 3.25. The molecule has 0 saturated carbocycles. The first kappa shape index (κ1) is 17.1. The average Bonchev–Trinajstić information content (AvgIpc) is 2.80. The van der Waals surface area contributed by atoms with E-state index in [0.29, 0.717) is 0 Å². The molecule has 0 aliphatic rings. The Morgan fingerprint density at radius 2 is 1.96 bits per heavy atom. The molecule has 0 aliphatic carbocycles. The molecule has 124 valence electrons. The molecule has 2 aromatic rings. The zero-order valence-electron chi connectivity index (χ0n) is 12.2. The molecule has 0 unspecified atom stereocenters. The number of halogens is 4. The standard InChI is InChI=1S/C14H13ClF3N3O2/c1-8-6-10(22-5-3-4-15)19-11(7-8)23-13-9(2)12(20-21-13)14(16,17)18/h3-4,6-7H,5H2,1-2H3,(H,20,21). The molecule has 5 nitrogen and oxygen atoms in total. The first-order valence-electron chi connectivity index (χ1n) is 6.48. The van der Waals surface area contributed by atoms with E-state index in [0.717, 1.165) is 5.56 Å². The summed E-state index contributed by atoms with van der Waals surface area (Å²) in [5, 5.41) is 5.45. The minimum atomic E-state index is -4.55. The molecule has 0 bridgehead atoms. The van der Waals surface area contributed by atoms with Gasteiger partial charge in [-0.15, -0.1) is 0 Å². The summed E-state index contributed by atoms with van der Waals surface area (Å²) in [6, 6.07) is 3.23. The van der Waals surface area contributed by atoms with Gasteiger partial charge in [0.05, 0.1) is 0 Å². The Kier molecular flexibility index (Phi) is 5.15. The molecule has 0 radical (unpaired) electrons. The number of H-pyrrole nitrogens is 1. The van der Waals surface area contributed by atoms with Crippen molar-refractivity contribution in [2.45, 2.75) is 20.0 Å². The van der Waals surface area contributed by atoms with Gasteiger partial charge < -0.3 is 9.47 Å². The van der Waals surface area contributed by atoms with Crippen molar-refractivity contribution in [1.29, 1.82) is 0 Å². The maximum absolute atomic E-state index is 12.7. The van der Waals surface area contributed by atoms with Crippen molar-refractivity contribution in [3.05, 3.63) is 40.6 Å². The summed E-state index contributed by atoms with van der Waals surface area (Å²) < 4.78 is 48.8. The highest BCUT2D eigenvalue weighted by atomic mass is 35.5. The molecule has 2 heterocycles. The fraction of sp³-hybridized carbons (Fsp3) is 0.286. The summed E-state index contributed by atoms with van der Waals surface area (Å²) in [4.78, 5) is 4.06. The van der Waals surface area contributed by atoms with E-state index in [-0.39, 0.29) is 29.8 Å². The van der Waals surface area contributed by atoms with Crippen molar-refractivity contribution in [3.8, 4) is 17.6 Å². The van der Waals surface area contributed by atoms with Gasteiger partial charge in [0.2, 0.25) is 17.6 Å². The molecule has 2 rings (SSSR count). The van der Waals surface area contributed by atoms with Crippen LogP contribution in [0.2, 0.25) is 0 Å². The lowest BCUT2D eigenvalue weighted by atomic mass is 10.2. The van der Waals surface area contributed by atoms with Crippen LogP contribution in [0, 0.1) is 13.8 Å². The Balaban J connectivity index is 2.22. The van der Waals surface area contributed by atoms with Crippen LogP contribution in [0.5, 0.6) is 17.6 Å². The smallest absolute Gasteiger partial charge is 0.435 e. The van der Waals surface area contributed by atoms with Gasteiger partial charge in [-0.1, -0.05) is 11.6 Å². The van der Waals surface area contributed by atoms with Crippen molar-refractivity contribution in [2.24, 2.45) is 0 Å². The number of pyridine rings is 1. The van der Waals surface area contributed by atoms with E-state index in [4.69, 9.17) is 21.1 Å². The van der Waals surface area contributed by atoms with E-state index in [1.165, 1.54) is 12.5 Å². The minimum Gasteiger partial charge on any atom is -0.473 e. The molecule has 0 atom stereocenters. The topological polar surface area (TPSA) is 60.0 Å². The van der Waals surface area contributed by atoms with Crippen molar-refractivity contribution in [2.75, 3.05) is 6.61 Å². The minimum absolute atomic E-state index is 0.0929. The van der Waals surface area contributed by atoms with Gasteiger partial charge in [0.1, 0.15) is 6.61 Å². The van der Waals surface area contributed by atoms with E-state index in [9.17, 15) is 13.2 Å². The van der Waals surface area contributed by atoms with Gasteiger partial charge in [-0.25, -0.2) is 5.10 Å². The molecule has 23 heavy (non-hydrogen) atoms. The molecule has 0 aromatic carbocycles. The van der Waals surface area contributed by atoms with E-state index >= 15 is 0 Å². The molecule has 0 fully saturated rings. The second kappa shape index (κ2) is 6.91. The van der Waals surface area contributed by atoms with Crippen LogP contribution >= 0.6 is 11.6 Å². The summed E-state index contributed by atoms with van der Waals surface area (Å²) in [5.41, 5.74) is 0.908. The van der Waals surface area contributed by atoms with Gasteiger partial charge in [-0.05, 0) is 25.5 Å². The van der Waals surface area contributed by atoms with Crippen molar-refractivity contribution < 1.29 is 22.6 Å². The molecular formula is C14H13ClF3N3O2. The van der Waals surface area contributed by atoms with Crippen LogP contribution in [0.3, 0.4) is 0 Å². The van der Waals surface area contributed by atoms with Gasteiger partial charge in [0.15, 0.2) is 5.69 Å². The molecule has 0 amide bonds. The third-order valence-electron chi connectivity index (χ3n) is 2.78. The maximum atomic E-state index is 12.7. The number of hydrogen-bond acceptors (Lipinski definition) is 4. The number of ether oxygens (including phenoxy) is 2. The lowest BCUT2D eigenvalue weighted by Gasteiger charge is -2.08. The molecule has 2 aromatic heterocycles. The van der Waals surface area contributed by atoms with Gasteiger partial charge in [-0.3, -0.25) is 0 Å². The highest BCUT2D eigenvalue weighted by Gasteiger charge is 2.37. The monoisotopic (exact) mass is 347 g/mol. The predicted molar refractivity (Wildman–Crippen MR) is 77.9 cm³/mol. The van der Waals surface area contributed by atoms with Crippen LogP contribution in [-0.2, 0) is 6.18 Å². The van der Waals surface area contributed by atoms with Gasteiger partial charge in [0, 0.05) is 23.2 Å². The van der Waals surface area contributed by atoms with E-state index in [2.05, 4.69) is 15.2 Å². The number of hydrogen-bond donors (Lipinski definition) is 1. The average molecular weight is 348 g/mol. The summed E-state index contributed by atoms with van der Waals surface area (Å²) >= 11 is 5.39. The molecule has 0 spiro atoms. The largest absolute Gasteiger partial charge is 0.473 e. The van der Waals surface area contributed by atoms with Gasteiger partial charge in [-0.2, -0.15) is 23.3 Å². The third-order valence-corrected chi connectivity index (χ3v) is 2.96. The van der Waals surface area contributed by atoms with E-state index in [1.54, 1.807) is 25.1 Å². The fourth-order valence-electron chi connectivity index (χ4n) is 1.76. The van der Waals surface area contributed by atoms with Crippen LogP contribution in [0.25, 0.3) is 0 Å². The van der Waals surface area contributed by atoms with E-state index in [1.807, 2.05) is 0 Å². The van der Waals surface area contributed by atoms with Gasteiger partial charge >= 0.3 is 6.18 Å². The summed E-state index contributed by atoms with van der Waals surface area (Å²) in [7, 11) is 0. The molecule has 0 saturated heterocycles. The van der Waals surface area contributed by atoms with Crippen LogP contribution < -0.4 is 9.47 Å².